The van der Waals surface area contributed by atoms with Gasteiger partial charge in [0.15, 0.2) is 0 Å². The summed E-state index contributed by atoms with van der Waals surface area (Å²) in [5, 5.41) is 3.45. The Bertz CT molecular complexity index is 538. The molecule has 3 heteroatoms. The minimum absolute atomic E-state index is 0.671. The normalized spacial score (nSPS) is 10.8. The van der Waals surface area contributed by atoms with Crippen molar-refractivity contribution >= 4 is 0 Å². The number of hydrogen-bond donors (Lipinski definition) is 1. The van der Waals surface area contributed by atoms with Crippen LogP contribution in [0.1, 0.15) is 25.0 Å². The van der Waals surface area contributed by atoms with Crippen molar-refractivity contribution in [2.45, 2.75) is 27.3 Å². The molecule has 0 atom stereocenters. The molecule has 20 heavy (non-hydrogen) atoms. The van der Waals surface area contributed by atoms with E-state index >= 15 is 0 Å². The van der Waals surface area contributed by atoms with Gasteiger partial charge in [0.05, 0.1) is 6.20 Å². The molecule has 0 unspecified atom stereocenters. The maximum Gasteiger partial charge on any atom is 0.145 e. The first-order chi connectivity index (χ1) is 9.65. The van der Waals surface area contributed by atoms with Crippen molar-refractivity contribution in [2.24, 2.45) is 5.92 Å². The van der Waals surface area contributed by atoms with Gasteiger partial charge >= 0.3 is 0 Å². The van der Waals surface area contributed by atoms with E-state index < -0.39 is 0 Å². The van der Waals surface area contributed by atoms with Gasteiger partial charge in [-0.15, -0.1) is 0 Å². The van der Waals surface area contributed by atoms with Gasteiger partial charge in [0, 0.05) is 12.7 Å². The van der Waals surface area contributed by atoms with E-state index in [1.165, 1.54) is 5.56 Å². The van der Waals surface area contributed by atoms with Crippen LogP contribution in [0.5, 0.6) is 11.5 Å². The smallest absolute Gasteiger partial charge is 0.145 e. The highest BCUT2D eigenvalue weighted by molar-refractivity contribution is 5.39. The Morgan fingerprint density at radius 3 is 2.75 bits per heavy atom. The van der Waals surface area contributed by atoms with Gasteiger partial charge in [0.25, 0.3) is 0 Å². The molecule has 0 spiro atoms. The molecular weight excluding hydrogens is 248 g/mol. The van der Waals surface area contributed by atoms with E-state index in [0.717, 1.165) is 30.2 Å². The van der Waals surface area contributed by atoms with E-state index in [1.807, 2.05) is 18.2 Å². The molecule has 0 aliphatic rings. The zero-order chi connectivity index (χ0) is 14.4. The number of pyridine rings is 1. The summed E-state index contributed by atoms with van der Waals surface area (Å²) < 4.78 is 5.82. The van der Waals surface area contributed by atoms with Crippen molar-refractivity contribution in [3.63, 3.8) is 0 Å². The Labute approximate surface area is 121 Å². The van der Waals surface area contributed by atoms with Crippen LogP contribution < -0.4 is 10.1 Å². The van der Waals surface area contributed by atoms with Crippen molar-refractivity contribution in [1.29, 1.82) is 0 Å². The molecule has 0 saturated carbocycles. The molecule has 0 amide bonds. The van der Waals surface area contributed by atoms with Crippen molar-refractivity contribution in [2.75, 3.05) is 6.54 Å². The van der Waals surface area contributed by atoms with Gasteiger partial charge in [-0.2, -0.15) is 0 Å². The zero-order valence-corrected chi connectivity index (χ0v) is 12.4. The summed E-state index contributed by atoms with van der Waals surface area (Å²) in [7, 11) is 0. The number of aryl methyl sites for hydroxylation is 1. The number of rotatable bonds is 6. The maximum absolute atomic E-state index is 5.82. The van der Waals surface area contributed by atoms with Crippen LogP contribution in [0.25, 0.3) is 0 Å². The second-order valence-electron chi connectivity index (χ2n) is 5.42. The standard InChI is InChI=1S/C17H22N2O/c1-13(2)10-19-11-15-6-7-17(14(3)9-15)20-16-5-4-8-18-12-16/h4-9,12-13,19H,10-11H2,1-3H3. The Hall–Kier alpha value is -1.87. The molecule has 0 radical (unpaired) electrons. The molecule has 0 aliphatic heterocycles. The SMILES string of the molecule is Cc1cc(CNCC(C)C)ccc1Oc1cccnc1. The summed E-state index contributed by atoms with van der Waals surface area (Å²) in [5.41, 5.74) is 2.42. The number of benzene rings is 1. The van der Waals surface area contributed by atoms with Crippen LogP contribution in [0.3, 0.4) is 0 Å². The summed E-state index contributed by atoms with van der Waals surface area (Å²) in [6.07, 6.45) is 3.46. The highest BCUT2D eigenvalue weighted by atomic mass is 16.5. The van der Waals surface area contributed by atoms with Gasteiger partial charge in [0.1, 0.15) is 11.5 Å². The first-order valence-electron chi connectivity index (χ1n) is 7.03. The highest BCUT2D eigenvalue weighted by Crippen LogP contribution is 2.25. The molecular formula is C17H22N2O. The van der Waals surface area contributed by atoms with Gasteiger partial charge in [-0.05, 0) is 48.7 Å². The van der Waals surface area contributed by atoms with Crippen LogP contribution >= 0.6 is 0 Å². The largest absolute Gasteiger partial charge is 0.455 e. The van der Waals surface area contributed by atoms with Crippen LogP contribution in [0.2, 0.25) is 0 Å². The number of hydrogen-bond acceptors (Lipinski definition) is 3. The van der Waals surface area contributed by atoms with Gasteiger partial charge in [-0.25, -0.2) is 0 Å². The molecule has 3 nitrogen and oxygen atoms in total. The maximum atomic E-state index is 5.82. The summed E-state index contributed by atoms with van der Waals surface area (Å²) in [4.78, 5) is 4.05. The monoisotopic (exact) mass is 270 g/mol. The second-order valence-corrected chi connectivity index (χ2v) is 5.42. The molecule has 1 aromatic carbocycles. The van der Waals surface area contributed by atoms with Crippen LogP contribution in [0.4, 0.5) is 0 Å². The van der Waals surface area contributed by atoms with Crippen LogP contribution in [-0.4, -0.2) is 11.5 Å². The van der Waals surface area contributed by atoms with Crippen LogP contribution in [0.15, 0.2) is 42.7 Å². The molecule has 1 N–H and O–H groups in total. The molecule has 1 aromatic heterocycles. The average Bonchev–Trinajstić information content (AvgIpc) is 2.42. The van der Waals surface area contributed by atoms with Crippen LogP contribution in [0, 0.1) is 12.8 Å². The fraction of sp³-hybridized carbons (Fsp3) is 0.353. The van der Waals surface area contributed by atoms with E-state index in [2.05, 4.69) is 43.2 Å². The Morgan fingerprint density at radius 1 is 1.25 bits per heavy atom. The third-order valence-electron chi connectivity index (χ3n) is 2.98. The van der Waals surface area contributed by atoms with Crippen molar-refractivity contribution in [3.8, 4) is 11.5 Å². The van der Waals surface area contributed by atoms with E-state index in [0.29, 0.717) is 5.92 Å². The minimum atomic E-state index is 0.671. The van der Waals surface area contributed by atoms with Gasteiger partial charge < -0.3 is 10.1 Å². The Kier molecular flexibility index (Phi) is 5.13. The molecule has 106 valence electrons. The lowest BCUT2D eigenvalue weighted by atomic mass is 10.1. The molecule has 2 aromatic rings. The zero-order valence-electron chi connectivity index (χ0n) is 12.4. The third kappa shape index (κ3) is 4.35. The summed E-state index contributed by atoms with van der Waals surface area (Å²) >= 11 is 0. The number of nitrogens with zero attached hydrogens (tertiary/aromatic N) is 1. The predicted octanol–water partition coefficient (Wildman–Crippen LogP) is 3.93. The Balaban J connectivity index is 1.99. The summed E-state index contributed by atoms with van der Waals surface area (Å²) in [6, 6.07) is 10.1. The fourth-order valence-corrected chi connectivity index (χ4v) is 1.98. The lowest BCUT2D eigenvalue weighted by molar-refractivity contribution is 0.476. The molecule has 0 fully saturated rings. The van der Waals surface area contributed by atoms with Gasteiger partial charge in [-0.1, -0.05) is 26.0 Å². The minimum Gasteiger partial charge on any atom is -0.455 e. The van der Waals surface area contributed by atoms with E-state index in [1.54, 1.807) is 12.4 Å². The van der Waals surface area contributed by atoms with Crippen molar-refractivity contribution in [1.82, 2.24) is 10.3 Å². The van der Waals surface area contributed by atoms with E-state index in [-0.39, 0.29) is 0 Å². The lowest BCUT2D eigenvalue weighted by Crippen LogP contribution is -2.18. The van der Waals surface area contributed by atoms with Crippen LogP contribution in [-0.2, 0) is 6.54 Å². The summed E-state index contributed by atoms with van der Waals surface area (Å²) in [5.74, 6) is 2.32. The molecule has 2 rings (SSSR count). The molecule has 0 bridgehead atoms. The molecule has 0 saturated heterocycles. The number of ether oxygens (including phenoxy) is 1. The first kappa shape index (κ1) is 14.5. The number of nitrogens with one attached hydrogen (secondary N) is 1. The van der Waals surface area contributed by atoms with E-state index in [4.69, 9.17) is 4.74 Å². The van der Waals surface area contributed by atoms with Crippen molar-refractivity contribution in [3.05, 3.63) is 53.9 Å². The lowest BCUT2D eigenvalue weighted by Gasteiger charge is -2.11. The Morgan fingerprint density at radius 2 is 2.10 bits per heavy atom. The quantitative estimate of drug-likeness (QED) is 0.863. The predicted molar refractivity (Wildman–Crippen MR) is 82.0 cm³/mol. The van der Waals surface area contributed by atoms with Crippen molar-refractivity contribution < 1.29 is 4.74 Å². The molecule has 1 heterocycles. The number of aromatic nitrogens is 1. The fourth-order valence-electron chi connectivity index (χ4n) is 1.98. The average molecular weight is 270 g/mol. The van der Waals surface area contributed by atoms with Gasteiger partial charge in [0.2, 0.25) is 0 Å². The van der Waals surface area contributed by atoms with Gasteiger partial charge in [-0.3, -0.25) is 4.98 Å². The molecule has 0 aliphatic carbocycles. The van der Waals surface area contributed by atoms with E-state index in [9.17, 15) is 0 Å². The third-order valence-corrected chi connectivity index (χ3v) is 2.98. The topological polar surface area (TPSA) is 34.1 Å². The second kappa shape index (κ2) is 7.06. The highest BCUT2D eigenvalue weighted by Gasteiger charge is 2.03. The first-order valence-corrected chi connectivity index (χ1v) is 7.03. The summed E-state index contributed by atoms with van der Waals surface area (Å²) in [6.45, 7) is 8.42.